The molecular weight excluding hydrogens is 240 g/mol. The number of likely N-dealkylation sites (N-methyl/N-ethyl adjacent to an activating group) is 1. The number of aliphatic hydroxyl groups is 2. The Morgan fingerprint density at radius 1 is 1.56 bits per heavy atom. The topological polar surface area (TPSA) is 105 Å². The van der Waals surface area contributed by atoms with Gasteiger partial charge in [-0.1, -0.05) is 6.08 Å². The molecule has 0 fully saturated rings. The van der Waals surface area contributed by atoms with E-state index < -0.39 is 18.3 Å². The van der Waals surface area contributed by atoms with E-state index in [9.17, 15) is 9.90 Å². The van der Waals surface area contributed by atoms with Gasteiger partial charge in [0, 0.05) is 13.1 Å². The van der Waals surface area contributed by atoms with Gasteiger partial charge < -0.3 is 25.4 Å². The van der Waals surface area contributed by atoms with Gasteiger partial charge in [0.05, 0.1) is 25.9 Å². The van der Waals surface area contributed by atoms with Crippen molar-refractivity contribution in [1.82, 2.24) is 4.90 Å². The molecule has 106 valence electrons. The first-order chi connectivity index (χ1) is 8.49. The van der Waals surface area contributed by atoms with Crippen molar-refractivity contribution in [1.29, 1.82) is 0 Å². The molecule has 0 rings (SSSR count). The van der Waals surface area contributed by atoms with Gasteiger partial charge in [-0.3, -0.25) is 4.90 Å². The number of primary amides is 1. The van der Waals surface area contributed by atoms with E-state index in [0.29, 0.717) is 13.2 Å². The number of ether oxygens (including phenoxy) is 2. The lowest BCUT2D eigenvalue weighted by atomic mass is 10.3. The van der Waals surface area contributed by atoms with E-state index in [4.69, 9.17) is 15.6 Å². The minimum absolute atomic E-state index is 0.191. The van der Waals surface area contributed by atoms with Crippen LogP contribution >= 0.6 is 0 Å². The van der Waals surface area contributed by atoms with Crippen molar-refractivity contribution in [3.05, 3.63) is 12.7 Å². The quantitative estimate of drug-likeness (QED) is 0.342. The second kappa shape index (κ2) is 9.84. The predicted octanol–water partition coefficient (Wildman–Crippen LogP) is -1.06. The summed E-state index contributed by atoms with van der Waals surface area (Å²) in [7, 11) is 1.73. The third-order valence-corrected chi connectivity index (χ3v) is 2.07. The zero-order valence-electron chi connectivity index (χ0n) is 10.6. The summed E-state index contributed by atoms with van der Waals surface area (Å²) >= 11 is 0. The Morgan fingerprint density at radius 2 is 2.22 bits per heavy atom. The summed E-state index contributed by atoms with van der Waals surface area (Å²) in [5.41, 5.74) is 4.86. The fourth-order valence-electron chi connectivity index (χ4n) is 1.42. The zero-order chi connectivity index (χ0) is 14.0. The standard InChI is InChI=1S/C11H22N2O5/c1-3-4-17-8-9(15)5-13(2)6-10(7-14)18-11(12)16/h3,9-10,14-15H,1,4-8H2,2H3,(H2,12,16). The van der Waals surface area contributed by atoms with E-state index in [0.717, 1.165) is 0 Å². The molecule has 0 spiro atoms. The van der Waals surface area contributed by atoms with E-state index >= 15 is 0 Å². The molecule has 2 atom stereocenters. The monoisotopic (exact) mass is 262 g/mol. The molecule has 0 bridgehead atoms. The maximum absolute atomic E-state index is 10.5. The molecule has 0 aliphatic heterocycles. The highest BCUT2D eigenvalue weighted by molar-refractivity contribution is 5.64. The highest BCUT2D eigenvalue weighted by Gasteiger charge is 2.16. The first kappa shape index (κ1) is 16.9. The van der Waals surface area contributed by atoms with Crippen molar-refractivity contribution >= 4 is 6.09 Å². The number of nitrogens with zero attached hydrogens (tertiary/aromatic N) is 1. The van der Waals surface area contributed by atoms with E-state index in [1.807, 2.05) is 0 Å². The van der Waals surface area contributed by atoms with Crippen LogP contribution in [0.5, 0.6) is 0 Å². The molecule has 7 heteroatoms. The van der Waals surface area contributed by atoms with Crippen LogP contribution in [0, 0.1) is 0 Å². The molecule has 0 heterocycles. The Labute approximate surface area is 107 Å². The maximum Gasteiger partial charge on any atom is 0.404 e. The normalized spacial score (nSPS) is 14.2. The summed E-state index contributed by atoms with van der Waals surface area (Å²) in [6.07, 6.45) is -0.701. The Morgan fingerprint density at radius 3 is 2.72 bits per heavy atom. The number of carbonyl (C=O) groups is 1. The maximum atomic E-state index is 10.5. The average Bonchev–Trinajstić information content (AvgIpc) is 2.27. The van der Waals surface area contributed by atoms with Gasteiger partial charge in [-0.05, 0) is 7.05 Å². The molecule has 0 saturated carbocycles. The number of nitrogens with two attached hydrogens (primary N) is 1. The Kier molecular flexibility index (Phi) is 9.21. The first-order valence-corrected chi connectivity index (χ1v) is 5.61. The van der Waals surface area contributed by atoms with Crippen LogP contribution in [0.2, 0.25) is 0 Å². The van der Waals surface area contributed by atoms with E-state index in [-0.39, 0.29) is 19.8 Å². The van der Waals surface area contributed by atoms with Gasteiger partial charge in [-0.15, -0.1) is 6.58 Å². The van der Waals surface area contributed by atoms with Gasteiger partial charge in [0.2, 0.25) is 0 Å². The lowest BCUT2D eigenvalue weighted by Gasteiger charge is -2.24. The number of hydrogen-bond donors (Lipinski definition) is 3. The van der Waals surface area contributed by atoms with Gasteiger partial charge >= 0.3 is 6.09 Å². The number of rotatable bonds is 10. The first-order valence-electron chi connectivity index (χ1n) is 5.61. The van der Waals surface area contributed by atoms with E-state index in [2.05, 4.69) is 11.3 Å². The lowest BCUT2D eigenvalue weighted by molar-refractivity contribution is 0.00955. The smallest absolute Gasteiger partial charge is 0.404 e. The number of amides is 1. The number of carbonyl (C=O) groups excluding carboxylic acids is 1. The van der Waals surface area contributed by atoms with Crippen molar-refractivity contribution in [2.75, 3.05) is 40.0 Å². The van der Waals surface area contributed by atoms with Crippen LogP contribution in [-0.2, 0) is 9.47 Å². The Hall–Kier alpha value is -1.15. The van der Waals surface area contributed by atoms with Crippen LogP contribution in [0.4, 0.5) is 4.79 Å². The molecule has 4 N–H and O–H groups in total. The summed E-state index contributed by atoms with van der Waals surface area (Å²) < 4.78 is 9.76. The third kappa shape index (κ3) is 8.94. The van der Waals surface area contributed by atoms with Gasteiger partial charge in [0.15, 0.2) is 0 Å². The highest BCUT2D eigenvalue weighted by atomic mass is 16.6. The largest absolute Gasteiger partial charge is 0.443 e. The molecule has 0 aliphatic rings. The van der Waals surface area contributed by atoms with Crippen molar-refractivity contribution < 1.29 is 24.5 Å². The second-order valence-electron chi connectivity index (χ2n) is 3.94. The minimum atomic E-state index is -0.933. The predicted molar refractivity (Wildman–Crippen MR) is 66.1 cm³/mol. The summed E-state index contributed by atoms with van der Waals surface area (Å²) in [5.74, 6) is 0. The molecule has 0 aliphatic carbocycles. The molecule has 1 amide bonds. The Bertz CT molecular complexity index is 250. The molecule has 0 radical (unpaired) electrons. The number of aliphatic hydroxyl groups excluding tert-OH is 2. The minimum Gasteiger partial charge on any atom is -0.443 e. The van der Waals surface area contributed by atoms with Crippen LogP contribution < -0.4 is 5.73 Å². The molecule has 0 saturated heterocycles. The summed E-state index contributed by atoms with van der Waals surface area (Å²) in [5, 5.41) is 18.6. The summed E-state index contributed by atoms with van der Waals surface area (Å²) in [4.78, 5) is 12.3. The Balaban J connectivity index is 3.88. The molecule has 18 heavy (non-hydrogen) atoms. The van der Waals surface area contributed by atoms with Crippen LogP contribution in [0.25, 0.3) is 0 Å². The third-order valence-electron chi connectivity index (χ3n) is 2.07. The summed E-state index contributed by atoms with van der Waals surface area (Å²) in [6.45, 7) is 4.34. The molecule has 0 aromatic heterocycles. The van der Waals surface area contributed by atoms with Crippen LogP contribution in [-0.4, -0.2) is 73.4 Å². The highest BCUT2D eigenvalue weighted by Crippen LogP contribution is 1.97. The van der Waals surface area contributed by atoms with Gasteiger partial charge in [-0.2, -0.15) is 0 Å². The van der Waals surface area contributed by atoms with E-state index in [1.54, 1.807) is 18.0 Å². The average molecular weight is 262 g/mol. The van der Waals surface area contributed by atoms with Gasteiger partial charge in [0.25, 0.3) is 0 Å². The molecule has 0 aromatic carbocycles. The molecule has 7 nitrogen and oxygen atoms in total. The number of hydrogen-bond acceptors (Lipinski definition) is 6. The molecule has 2 unspecified atom stereocenters. The molecular formula is C11H22N2O5. The van der Waals surface area contributed by atoms with Crippen molar-refractivity contribution in [2.24, 2.45) is 5.73 Å². The van der Waals surface area contributed by atoms with Gasteiger partial charge in [-0.25, -0.2) is 4.79 Å². The van der Waals surface area contributed by atoms with Crippen LogP contribution in [0.15, 0.2) is 12.7 Å². The van der Waals surface area contributed by atoms with Crippen LogP contribution in [0.1, 0.15) is 0 Å². The van der Waals surface area contributed by atoms with Crippen molar-refractivity contribution in [3.8, 4) is 0 Å². The summed E-state index contributed by atoms with van der Waals surface area (Å²) in [6, 6.07) is 0. The molecule has 0 aromatic rings. The lowest BCUT2D eigenvalue weighted by Crippen LogP contribution is -2.40. The fourth-order valence-corrected chi connectivity index (χ4v) is 1.42. The second-order valence-corrected chi connectivity index (χ2v) is 3.94. The van der Waals surface area contributed by atoms with Crippen LogP contribution in [0.3, 0.4) is 0 Å². The zero-order valence-corrected chi connectivity index (χ0v) is 10.6. The van der Waals surface area contributed by atoms with E-state index in [1.165, 1.54) is 0 Å². The van der Waals surface area contributed by atoms with Gasteiger partial charge in [0.1, 0.15) is 6.10 Å². The SMILES string of the molecule is C=CCOCC(O)CN(C)CC(CO)OC(N)=O. The fraction of sp³-hybridized carbons (Fsp3) is 0.727. The van der Waals surface area contributed by atoms with Crippen molar-refractivity contribution in [2.45, 2.75) is 12.2 Å². The van der Waals surface area contributed by atoms with Crippen molar-refractivity contribution in [3.63, 3.8) is 0 Å².